The maximum Gasteiger partial charge on any atom is 0.105 e. The summed E-state index contributed by atoms with van der Waals surface area (Å²) in [5, 5.41) is 10.5. The molecule has 1 N–H and O–H groups in total. The lowest BCUT2D eigenvalue weighted by Crippen LogP contribution is -2.01. The number of rotatable bonds is 5. The summed E-state index contributed by atoms with van der Waals surface area (Å²) in [5.74, 6) is 0. The van der Waals surface area contributed by atoms with E-state index in [1.54, 1.807) is 7.11 Å². The zero-order chi connectivity index (χ0) is 14.5. The molecule has 0 amide bonds. The SMILES string of the molecule is COCCc1ccc(C(O)c2cc(Br)ccc2Br)cc1. The molecule has 0 aliphatic carbocycles. The van der Waals surface area contributed by atoms with Gasteiger partial charge in [-0.2, -0.15) is 0 Å². The Morgan fingerprint density at radius 2 is 1.80 bits per heavy atom. The van der Waals surface area contributed by atoms with E-state index in [2.05, 4.69) is 31.9 Å². The third-order valence-corrected chi connectivity index (χ3v) is 4.36. The van der Waals surface area contributed by atoms with Crippen LogP contribution in [0.3, 0.4) is 0 Å². The Morgan fingerprint density at radius 3 is 2.45 bits per heavy atom. The Hall–Kier alpha value is -0.680. The normalized spacial score (nSPS) is 12.4. The largest absolute Gasteiger partial charge is 0.384 e. The number of aliphatic hydroxyl groups is 1. The fraction of sp³-hybridized carbons (Fsp3) is 0.250. The van der Waals surface area contributed by atoms with Crippen LogP contribution in [-0.2, 0) is 11.2 Å². The maximum atomic E-state index is 10.5. The second kappa shape index (κ2) is 7.36. The summed E-state index contributed by atoms with van der Waals surface area (Å²) in [6.07, 6.45) is 0.242. The van der Waals surface area contributed by atoms with Crippen molar-refractivity contribution in [2.75, 3.05) is 13.7 Å². The number of methoxy groups -OCH3 is 1. The van der Waals surface area contributed by atoms with Crippen LogP contribution in [0.1, 0.15) is 22.8 Å². The Balaban J connectivity index is 2.20. The Bertz CT molecular complexity index is 567. The molecule has 0 heterocycles. The molecule has 1 atom stereocenters. The summed E-state index contributed by atoms with van der Waals surface area (Å²) in [6, 6.07) is 13.8. The van der Waals surface area contributed by atoms with E-state index in [-0.39, 0.29) is 0 Å². The number of ether oxygens (including phenoxy) is 1. The number of benzene rings is 2. The van der Waals surface area contributed by atoms with Gasteiger partial charge < -0.3 is 9.84 Å². The zero-order valence-corrected chi connectivity index (χ0v) is 14.3. The van der Waals surface area contributed by atoms with Gasteiger partial charge in [0.2, 0.25) is 0 Å². The zero-order valence-electron chi connectivity index (χ0n) is 11.1. The van der Waals surface area contributed by atoms with Crippen LogP contribution in [0.2, 0.25) is 0 Å². The number of hydrogen-bond acceptors (Lipinski definition) is 2. The highest BCUT2D eigenvalue weighted by Crippen LogP contribution is 2.31. The summed E-state index contributed by atoms with van der Waals surface area (Å²) < 4.78 is 6.91. The van der Waals surface area contributed by atoms with Gasteiger partial charge in [-0.15, -0.1) is 0 Å². The minimum absolute atomic E-state index is 0.640. The molecule has 2 rings (SSSR count). The molecule has 0 bridgehead atoms. The first-order valence-electron chi connectivity index (χ1n) is 6.32. The molecule has 0 aromatic heterocycles. The van der Waals surface area contributed by atoms with Crippen LogP contribution >= 0.6 is 31.9 Å². The molecule has 0 saturated heterocycles. The van der Waals surface area contributed by atoms with E-state index in [0.717, 1.165) is 26.5 Å². The molecule has 20 heavy (non-hydrogen) atoms. The highest BCUT2D eigenvalue weighted by molar-refractivity contribution is 9.11. The average molecular weight is 400 g/mol. The lowest BCUT2D eigenvalue weighted by atomic mass is 10.00. The van der Waals surface area contributed by atoms with Gasteiger partial charge in [0.15, 0.2) is 0 Å². The fourth-order valence-corrected chi connectivity index (χ4v) is 2.83. The molecule has 0 fully saturated rings. The van der Waals surface area contributed by atoms with Gasteiger partial charge in [-0.25, -0.2) is 0 Å². The topological polar surface area (TPSA) is 29.5 Å². The summed E-state index contributed by atoms with van der Waals surface area (Å²) in [7, 11) is 1.70. The predicted molar refractivity (Wildman–Crippen MR) is 87.9 cm³/mol. The molecule has 4 heteroatoms. The molecule has 0 radical (unpaired) electrons. The van der Waals surface area contributed by atoms with Crippen LogP contribution in [0, 0.1) is 0 Å². The van der Waals surface area contributed by atoms with E-state index in [9.17, 15) is 5.11 Å². The molecule has 0 aliphatic rings. The monoisotopic (exact) mass is 398 g/mol. The first-order valence-corrected chi connectivity index (χ1v) is 7.91. The smallest absolute Gasteiger partial charge is 0.105 e. The second-order valence-electron chi connectivity index (χ2n) is 4.55. The summed E-state index contributed by atoms with van der Waals surface area (Å²) in [5.41, 5.74) is 2.94. The maximum absolute atomic E-state index is 10.5. The highest BCUT2D eigenvalue weighted by Gasteiger charge is 2.14. The molecule has 0 aliphatic heterocycles. The van der Waals surface area contributed by atoms with Gasteiger partial charge in [0.05, 0.1) is 6.61 Å². The lowest BCUT2D eigenvalue weighted by molar-refractivity contribution is 0.202. The molecular weight excluding hydrogens is 384 g/mol. The van der Waals surface area contributed by atoms with E-state index < -0.39 is 6.10 Å². The molecular formula is C16H16Br2O2. The van der Waals surface area contributed by atoms with Crippen molar-refractivity contribution in [1.82, 2.24) is 0 Å². The number of halogens is 2. The Morgan fingerprint density at radius 1 is 1.10 bits per heavy atom. The van der Waals surface area contributed by atoms with Crippen molar-refractivity contribution in [1.29, 1.82) is 0 Å². The van der Waals surface area contributed by atoms with Crippen LogP contribution in [0.25, 0.3) is 0 Å². The van der Waals surface area contributed by atoms with Gasteiger partial charge in [-0.1, -0.05) is 56.1 Å². The molecule has 2 aromatic carbocycles. The van der Waals surface area contributed by atoms with Crippen molar-refractivity contribution >= 4 is 31.9 Å². The summed E-state index contributed by atoms with van der Waals surface area (Å²) in [6.45, 7) is 0.707. The predicted octanol–water partition coefficient (Wildman–Crippen LogP) is 4.48. The fourth-order valence-electron chi connectivity index (χ4n) is 1.99. The van der Waals surface area contributed by atoms with Gasteiger partial charge in [-0.05, 0) is 35.7 Å². The van der Waals surface area contributed by atoms with E-state index in [0.29, 0.717) is 6.61 Å². The third kappa shape index (κ3) is 3.92. The van der Waals surface area contributed by atoms with Crippen molar-refractivity contribution in [2.45, 2.75) is 12.5 Å². The quantitative estimate of drug-likeness (QED) is 0.802. The molecule has 106 valence electrons. The van der Waals surface area contributed by atoms with Crippen molar-refractivity contribution in [3.05, 3.63) is 68.1 Å². The molecule has 0 saturated carbocycles. The van der Waals surface area contributed by atoms with Gasteiger partial charge in [0, 0.05) is 21.6 Å². The minimum Gasteiger partial charge on any atom is -0.384 e. The Kier molecular flexibility index (Phi) is 5.78. The number of aliphatic hydroxyl groups excluding tert-OH is 1. The van der Waals surface area contributed by atoms with E-state index in [1.807, 2.05) is 42.5 Å². The first kappa shape index (κ1) is 15.7. The van der Waals surface area contributed by atoms with Crippen molar-refractivity contribution in [2.24, 2.45) is 0 Å². The van der Waals surface area contributed by atoms with E-state index >= 15 is 0 Å². The van der Waals surface area contributed by atoms with Crippen molar-refractivity contribution < 1.29 is 9.84 Å². The van der Waals surface area contributed by atoms with Gasteiger partial charge >= 0.3 is 0 Å². The van der Waals surface area contributed by atoms with Crippen molar-refractivity contribution in [3.63, 3.8) is 0 Å². The molecule has 2 aromatic rings. The van der Waals surface area contributed by atoms with E-state index in [1.165, 1.54) is 5.56 Å². The highest BCUT2D eigenvalue weighted by atomic mass is 79.9. The van der Waals surface area contributed by atoms with Gasteiger partial charge in [0.1, 0.15) is 6.10 Å². The summed E-state index contributed by atoms with van der Waals surface area (Å²) >= 11 is 6.91. The van der Waals surface area contributed by atoms with Crippen LogP contribution in [-0.4, -0.2) is 18.8 Å². The molecule has 0 spiro atoms. The van der Waals surface area contributed by atoms with Crippen LogP contribution in [0.4, 0.5) is 0 Å². The average Bonchev–Trinajstić information content (AvgIpc) is 2.47. The third-order valence-electron chi connectivity index (χ3n) is 3.14. The number of hydrogen-bond donors (Lipinski definition) is 1. The molecule has 2 nitrogen and oxygen atoms in total. The van der Waals surface area contributed by atoms with Crippen LogP contribution < -0.4 is 0 Å². The van der Waals surface area contributed by atoms with Crippen molar-refractivity contribution in [3.8, 4) is 0 Å². The van der Waals surface area contributed by atoms with Crippen LogP contribution in [0.15, 0.2) is 51.4 Å². The Labute approximate surface area is 136 Å². The van der Waals surface area contributed by atoms with Crippen LogP contribution in [0.5, 0.6) is 0 Å². The lowest BCUT2D eigenvalue weighted by Gasteiger charge is -2.14. The summed E-state index contributed by atoms with van der Waals surface area (Å²) in [4.78, 5) is 0. The molecule has 1 unspecified atom stereocenters. The minimum atomic E-state index is -0.640. The van der Waals surface area contributed by atoms with Gasteiger partial charge in [-0.3, -0.25) is 0 Å². The first-order chi connectivity index (χ1) is 9.61. The van der Waals surface area contributed by atoms with Gasteiger partial charge in [0.25, 0.3) is 0 Å². The standard InChI is InChI=1S/C16H16Br2O2/c1-20-9-8-11-2-4-12(5-3-11)16(19)14-10-13(17)6-7-15(14)18/h2-7,10,16,19H,8-9H2,1H3. The van der Waals surface area contributed by atoms with E-state index in [4.69, 9.17) is 4.74 Å². The second-order valence-corrected chi connectivity index (χ2v) is 6.32.